The van der Waals surface area contributed by atoms with Gasteiger partial charge in [-0.1, -0.05) is 70.2 Å². The standard InChI is InChI=1S/C30H34O3.CH4/c31-27-16-14-22(20-8-3-1-4-9-20)18-25(27)24-12-7-13-29(33)30(24)26-19-23(15-17-28(26)32)21-10-5-2-6-11-21;/h7,12-21,31-33H,1-6,8-11H2;1H4. The van der Waals surface area contributed by atoms with Crippen LogP contribution in [-0.2, 0) is 0 Å². The molecule has 0 saturated heterocycles. The van der Waals surface area contributed by atoms with Gasteiger partial charge in [0.25, 0.3) is 0 Å². The molecule has 34 heavy (non-hydrogen) atoms. The maximum Gasteiger partial charge on any atom is 0.124 e. The van der Waals surface area contributed by atoms with Gasteiger partial charge in [0.05, 0.1) is 0 Å². The van der Waals surface area contributed by atoms with E-state index in [9.17, 15) is 15.3 Å². The lowest BCUT2D eigenvalue weighted by molar-refractivity contribution is 0.441. The fraction of sp³-hybridized carbons (Fsp3) is 0.419. The molecule has 5 rings (SSSR count). The highest BCUT2D eigenvalue weighted by atomic mass is 16.3. The summed E-state index contributed by atoms with van der Waals surface area (Å²) < 4.78 is 0. The van der Waals surface area contributed by atoms with Crippen LogP contribution < -0.4 is 0 Å². The van der Waals surface area contributed by atoms with Gasteiger partial charge in [-0.3, -0.25) is 0 Å². The third kappa shape index (κ3) is 4.80. The number of phenols is 3. The Balaban J connectivity index is 0.00000274. The van der Waals surface area contributed by atoms with Gasteiger partial charge in [-0.25, -0.2) is 0 Å². The van der Waals surface area contributed by atoms with E-state index in [2.05, 4.69) is 6.07 Å². The second-order valence-corrected chi connectivity index (χ2v) is 9.92. The van der Waals surface area contributed by atoms with Crippen molar-refractivity contribution >= 4 is 0 Å². The summed E-state index contributed by atoms with van der Waals surface area (Å²) in [7, 11) is 0. The van der Waals surface area contributed by atoms with Crippen molar-refractivity contribution in [3.05, 3.63) is 65.7 Å². The summed E-state index contributed by atoms with van der Waals surface area (Å²) in [6.45, 7) is 0. The first-order chi connectivity index (χ1) is 16.1. The molecular formula is C31H38O3. The zero-order valence-corrected chi connectivity index (χ0v) is 19.3. The molecule has 3 heteroatoms. The van der Waals surface area contributed by atoms with Gasteiger partial charge in [0.1, 0.15) is 17.2 Å². The van der Waals surface area contributed by atoms with Crippen molar-refractivity contribution in [2.45, 2.75) is 83.5 Å². The SMILES string of the molecule is C.Oc1ccc(C2CCCCC2)cc1-c1cccc(O)c1-c1cc(C2CCCCC2)ccc1O. The number of hydrogen-bond donors (Lipinski definition) is 3. The van der Waals surface area contributed by atoms with E-state index in [1.165, 1.54) is 75.3 Å². The first-order valence-corrected chi connectivity index (χ1v) is 12.6. The highest BCUT2D eigenvalue weighted by molar-refractivity contribution is 5.91. The lowest BCUT2D eigenvalue weighted by atomic mass is 9.81. The number of rotatable bonds is 4. The minimum Gasteiger partial charge on any atom is -0.507 e. The summed E-state index contributed by atoms with van der Waals surface area (Å²) in [5, 5.41) is 32.6. The van der Waals surface area contributed by atoms with E-state index in [0.717, 1.165) is 5.56 Å². The van der Waals surface area contributed by atoms with E-state index in [4.69, 9.17) is 0 Å². The van der Waals surface area contributed by atoms with Gasteiger partial charge in [0, 0.05) is 16.7 Å². The Hall–Kier alpha value is -2.94. The first kappa shape index (κ1) is 24.2. The molecular weight excluding hydrogens is 420 g/mol. The maximum atomic E-state index is 10.9. The van der Waals surface area contributed by atoms with Gasteiger partial charge >= 0.3 is 0 Å². The molecule has 0 bridgehead atoms. The van der Waals surface area contributed by atoms with Gasteiger partial charge in [0.15, 0.2) is 0 Å². The minimum atomic E-state index is 0. The third-order valence-electron chi connectivity index (χ3n) is 7.80. The molecule has 2 saturated carbocycles. The lowest BCUT2D eigenvalue weighted by Crippen LogP contribution is -2.05. The Labute approximate surface area is 204 Å². The van der Waals surface area contributed by atoms with Crippen molar-refractivity contribution in [2.24, 2.45) is 0 Å². The normalized spacial score (nSPS) is 17.3. The van der Waals surface area contributed by atoms with Crippen LogP contribution in [-0.4, -0.2) is 15.3 Å². The van der Waals surface area contributed by atoms with E-state index in [1.54, 1.807) is 18.2 Å². The summed E-state index contributed by atoms with van der Waals surface area (Å²) in [6.07, 6.45) is 12.3. The molecule has 180 valence electrons. The highest BCUT2D eigenvalue weighted by Crippen LogP contribution is 2.47. The summed E-state index contributed by atoms with van der Waals surface area (Å²) in [6, 6.07) is 17.1. The van der Waals surface area contributed by atoms with Crippen LogP contribution >= 0.6 is 0 Å². The van der Waals surface area contributed by atoms with E-state index < -0.39 is 0 Å². The van der Waals surface area contributed by atoms with Gasteiger partial charge in [-0.2, -0.15) is 0 Å². The molecule has 2 aliphatic rings. The molecule has 0 unspecified atom stereocenters. The first-order valence-electron chi connectivity index (χ1n) is 12.6. The Morgan fingerprint density at radius 2 is 1.00 bits per heavy atom. The quantitative estimate of drug-likeness (QED) is 0.366. The molecule has 3 aromatic rings. The van der Waals surface area contributed by atoms with Crippen LogP contribution in [0.2, 0.25) is 0 Å². The molecule has 0 radical (unpaired) electrons. The molecule has 2 fully saturated rings. The van der Waals surface area contributed by atoms with Crippen LogP contribution in [0.25, 0.3) is 22.3 Å². The third-order valence-corrected chi connectivity index (χ3v) is 7.80. The largest absolute Gasteiger partial charge is 0.507 e. The average molecular weight is 459 g/mol. The highest BCUT2D eigenvalue weighted by Gasteiger charge is 2.23. The van der Waals surface area contributed by atoms with Gasteiger partial charge in [-0.15, -0.1) is 0 Å². The smallest absolute Gasteiger partial charge is 0.124 e. The predicted octanol–water partition coefficient (Wildman–Crippen LogP) is 8.87. The fourth-order valence-electron chi connectivity index (χ4n) is 5.95. The predicted molar refractivity (Wildman–Crippen MR) is 141 cm³/mol. The minimum absolute atomic E-state index is 0. The number of hydrogen-bond acceptors (Lipinski definition) is 3. The zero-order valence-electron chi connectivity index (χ0n) is 19.3. The van der Waals surface area contributed by atoms with Crippen LogP contribution in [0, 0.1) is 0 Å². The van der Waals surface area contributed by atoms with Gasteiger partial charge in [0.2, 0.25) is 0 Å². The van der Waals surface area contributed by atoms with Gasteiger partial charge in [-0.05, 0) is 84.5 Å². The molecule has 0 atom stereocenters. The Morgan fingerprint density at radius 3 is 1.56 bits per heavy atom. The number of benzene rings is 3. The van der Waals surface area contributed by atoms with Crippen LogP contribution in [0.5, 0.6) is 17.2 Å². The molecule has 2 aliphatic carbocycles. The summed E-state index contributed by atoms with van der Waals surface area (Å²) in [5.74, 6) is 1.48. The van der Waals surface area contributed by atoms with Crippen molar-refractivity contribution in [1.29, 1.82) is 0 Å². The second-order valence-electron chi connectivity index (χ2n) is 9.92. The number of aromatic hydroxyl groups is 3. The Kier molecular flexibility index (Phi) is 7.50. The van der Waals surface area contributed by atoms with E-state index >= 15 is 0 Å². The molecule has 0 amide bonds. The summed E-state index contributed by atoms with van der Waals surface area (Å²) in [5.41, 5.74) is 5.15. The molecule has 0 heterocycles. The average Bonchev–Trinajstić information content (AvgIpc) is 2.86. The zero-order chi connectivity index (χ0) is 22.8. The maximum absolute atomic E-state index is 10.9. The van der Waals surface area contributed by atoms with Crippen LogP contribution in [0.4, 0.5) is 0 Å². The summed E-state index contributed by atoms with van der Waals surface area (Å²) in [4.78, 5) is 0. The van der Waals surface area contributed by atoms with E-state index in [0.29, 0.717) is 28.5 Å². The molecule has 0 spiro atoms. The summed E-state index contributed by atoms with van der Waals surface area (Å²) >= 11 is 0. The van der Waals surface area contributed by atoms with Crippen molar-refractivity contribution < 1.29 is 15.3 Å². The van der Waals surface area contributed by atoms with Crippen molar-refractivity contribution in [1.82, 2.24) is 0 Å². The van der Waals surface area contributed by atoms with E-state index in [1.807, 2.05) is 30.3 Å². The molecule has 3 aromatic carbocycles. The van der Waals surface area contributed by atoms with E-state index in [-0.39, 0.29) is 24.7 Å². The fourth-order valence-corrected chi connectivity index (χ4v) is 5.95. The lowest BCUT2D eigenvalue weighted by Gasteiger charge is -2.24. The second kappa shape index (κ2) is 10.5. The molecule has 0 aromatic heterocycles. The number of phenolic OH excluding ortho intramolecular Hbond substituents is 3. The Morgan fingerprint density at radius 1 is 0.500 bits per heavy atom. The van der Waals surface area contributed by atoms with Crippen LogP contribution in [0.15, 0.2) is 54.6 Å². The van der Waals surface area contributed by atoms with Crippen molar-refractivity contribution in [2.75, 3.05) is 0 Å². The van der Waals surface area contributed by atoms with Gasteiger partial charge < -0.3 is 15.3 Å². The molecule has 0 aliphatic heterocycles. The monoisotopic (exact) mass is 458 g/mol. The topological polar surface area (TPSA) is 60.7 Å². The molecule has 3 nitrogen and oxygen atoms in total. The van der Waals surface area contributed by atoms with Crippen molar-refractivity contribution in [3.8, 4) is 39.5 Å². The van der Waals surface area contributed by atoms with Crippen molar-refractivity contribution in [3.63, 3.8) is 0 Å². The Bertz CT molecular complexity index is 1120. The van der Waals surface area contributed by atoms with Crippen LogP contribution in [0.1, 0.15) is 94.6 Å². The van der Waals surface area contributed by atoms with Crippen LogP contribution in [0.3, 0.4) is 0 Å². The molecule has 3 N–H and O–H groups in total.